The summed E-state index contributed by atoms with van der Waals surface area (Å²) < 4.78 is 0. The van der Waals surface area contributed by atoms with Crippen molar-refractivity contribution in [3.05, 3.63) is 23.8 Å². The smallest absolute Gasteiger partial charge is 0.339 e. The van der Waals surface area contributed by atoms with E-state index in [0.717, 1.165) is 32.6 Å². The van der Waals surface area contributed by atoms with Gasteiger partial charge < -0.3 is 5.11 Å². The third-order valence-corrected chi connectivity index (χ3v) is 4.02. The quantitative estimate of drug-likeness (QED) is 0.869. The van der Waals surface area contributed by atoms with E-state index in [2.05, 4.69) is 33.6 Å². The average molecular weight is 278 g/mol. The van der Waals surface area contributed by atoms with Crippen LogP contribution in [0.25, 0.3) is 0 Å². The van der Waals surface area contributed by atoms with Crippen LogP contribution in [0.1, 0.15) is 36.3 Å². The van der Waals surface area contributed by atoms with Crippen LogP contribution < -0.4 is 0 Å². The maximum atomic E-state index is 11.1. The van der Waals surface area contributed by atoms with Crippen molar-refractivity contribution in [2.24, 2.45) is 0 Å². The van der Waals surface area contributed by atoms with Crippen LogP contribution in [0.3, 0.4) is 0 Å². The molecule has 2 heterocycles. The molecule has 0 amide bonds. The van der Waals surface area contributed by atoms with E-state index in [0.29, 0.717) is 18.3 Å². The summed E-state index contributed by atoms with van der Waals surface area (Å²) in [7, 11) is 0. The normalized spacial score (nSPS) is 18.9. The van der Waals surface area contributed by atoms with Crippen LogP contribution in [0.4, 0.5) is 0 Å². The van der Waals surface area contributed by atoms with Crippen molar-refractivity contribution in [2.45, 2.75) is 32.9 Å². The first kappa shape index (κ1) is 14.9. The van der Waals surface area contributed by atoms with Crippen LogP contribution in [0, 0.1) is 0 Å². The lowest BCUT2D eigenvalue weighted by Gasteiger charge is -2.37. The monoisotopic (exact) mass is 278 g/mol. The molecular weight excluding hydrogens is 256 g/mol. The molecular formula is C14H22N4O2. The number of aromatic nitrogens is 2. The van der Waals surface area contributed by atoms with Gasteiger partial charge in [-0.25, -0.2) is 14.8 Å². The number of carboxylic acid groups (broad SMARTS) is 1. The summed E-state index contributed by atoms with van der Waals surface area (Å²) in [5.74, 6) is -0.959. The second-order valence-corrected chi connectivity index (χ2v) is 5.26. The first-order valence-electron chi connectivity index (χ1n) is 7.10. The third-order valence-electron chi connectivity index (χ3n) is 4.02. The SMILES string of the molecule is CCC(C)N1CCN(Cc2ncncc2C(=O)O)CC1. The zero-order chi connectivity index (χ0) is 14.5. The molecule has 1 aliphatic rings. The van der Waals surface area contributed by atoms with Gasteiger partial charge in [0.2, 0.25) is 0 Å². The van der Waals surface area contributed by atoms with Crippen LogP contribution in [0.5, 0.6) is 0 Å². The number of rotatable bonds is 5. The van der Waals surface area contributed by atoms with Gasteiger partial charge in [0.25, 0.3) is 0 Å². The Kier molecular flexibility index (Phi) is 5.03. The second-order valence-electron chi connectivity index (χ2n) is 5.26. The number of carboxylic acids is 1. The van der Waals surface area contributed by atoms with Crippen LogP contribution >= 0.6 is 0 Å². The molecule has 0 aromatic carbocycles. The number of carbonyl (C=O) groups is 1. The molecule has 1 fully saturated rings. The zero-order valence-corrected chi connectivity index (χ0v) is 12.1. The summed E-state index contributed by atoms with van der Waals surface area (Å²) >= 11 is 0. The molecule has 2 rings (SSSR count). The van der Waals surface area contributed by atoms with Gasteiger partial charge in [-0.3, -0.25) is 9.80 Å². The lowest BCUT2D eigenvalue weighted by molar-refractivity contribution is 0.0689. The topological polar surface area (TPSA) is 69.6 Å². The van der Waals surface area contributed by atoms with Gasteiger partial charge in [-0.2, -0.15) is 0 Å². The maximum Gasteiger partial charge on any atom is 0.339 e. The van der Waals surface area contributed by atoms with Gasteiger partial charge in [0.1, 0.15) is 11.9 Å². The van der Waals surface area contributed by atoms with Crippen LogP contribution in [0.15, 0.2) is 12.5 Å². The summed E-state index contributed by atoms with van der Waals surface area (Å²) in [6, 6.07) is 0.616. The minimum atomic E-state index is -0.959. The Balaban J connectivity index is 1.95. The fourth-order valence-corrected chi connectivity index (χ4v) is 2.49. The lowest BCUT2D eigenvalue weighted by atomic mass is 10.1. The molecule has 0 saturated carbocycles. The van der Waals surface area contributed by atoms with Gasteiger partial charge >= 0.3 is 5.97 Å². The first-order chi connectivity index (χ1) is 9.61. The number of nitrogens with zero attached hydrogens (tertiary/aromatic N) is 4. The first-order valence-corrected chi connectivity index (χ1v) is 7.10. The highest BCUT2D eigenvalue weighted by Gasteiger charge is 2.22. The Morgan fingerprint density at radius 2 is 2.10 bits per heavy atom. The molecule has 1 aliphatic heterocycles. The van der Waals surface area contributed by atoms with E-state index in [-0.39, 0.29) is 5.56 Å². The lowest BCUT2D eigenvalue weighted by Crippen LogP contribution is -2.49. The third kappa shape index (κ3) is 3.52. The van der Waals surface area contributed by atoms with Crippen LogP contribution in [0.2, 0.25) is 0 Å². The summed E-state index contributed by atoms with van der Waals surface area (Å²) in [5, 5.41) is 9.14. The van der Waals surface area contributed by atoms with Gasteiger partial charge in [-0.15, -0.1) is 0 Å². The number of hydrogen-bond donors (Lipinski definition) is 1. The number of hydrogen-bond acceptors (Lipinski definition) is 5. The van der Waals surface area contributed by atoms with Crippen molar-refractivity contribution in [2.75, 3.05) is 26.2 Å². The molecule has 6 heteroatoms. The molecule has 1 aromatic heterocycles. The van der Waals surface area contributed by atoms with Crippen molar-refractivity contribution in [1.29, 1.82) is 0 Å². The van der Waals surface area contributed by atoms with Gasteiger partial charge in [-0.1, -0.05) is 6.92 Å². The Bertz CT molecular complexity index is 458. The van der Waals surface area contributed by atoms with Crippen molar-refractivity contribution in [1.82, 2.24) is 19.8 Å². The molecule has 1 unspecified atom stereocenters. The molecule has 1 atom stereocenters. The van der Waals surface area contributed by atoms with Gasteiger partial charge in [0, 0.05) is 45.0 Å². The molecule has 6 nitrogen and oxygen atoms in total. The molecule has 110 valence electrons. The summed E-state index contributed by atoms with van der Waals surface area (Å²) in [6.07, 6.45) is 3.95. The molecule has 0 radical (unpaired) electrons. The second kappa shape index (κ2) is 6.76. The highest BCUT2D eigenvalue weighted by molar-refractivity contribution is 5.88. The van der Waals surface area contributed by atoms with Gasteiger partial charge in [0.05, 0.1) is 5.69 Å². The Morgan fingerprint density at radius 1 is 1.40 bits per heavy atom. The molecule has 20 heavy (non-hydrogen) atoms. The molecule has 0 aliphatic carbocycles. The zero-order valence-electron chi connectivity index (χ0n) is 12.1. The van der Waals surface area contributed by atoms with Crippen molar-refractivity contribution in [3.63, 3.8) is 0 Å². The molecule has 1 N–H and O–H groups in total. The van der Waals surface area contributed by atoms with E-state index in [1.807, 2.05) is 0 Å². The Hall–Kier alpha value is -1.53. The number of piperazine rings is 1. The van der Waals surface area contributed by atoms with Crippen molar-refractivity contribution >= 4 is 5.97 Å². The molecule has 1 aromatic rings. The standard InChI is InChI=1S/C14H22N4O2/c1-3-11(2)18-6-4-17(5-7-18)9-13-12(14(19)20)8-15-10-16-13/h8,10-11H,3-7,9H2,1-2H3,(H,19,20). The molecule has 1 saturated heterocycles. The van der Waals surface area contributed by atoms with E-state index >= 15 is 0 Å². The van der Waals surface area contributed by atoms with E-state index in [9.17, 15) is 4.79 Å². The summed E-state index contributed by atoms with van der Waals surface area (Å²) in [4.78, 5) is 23.8. The van der Waals surface area contributed by atoms with Crippen molar-refractivity contribution < 1.29 is 9.90 Å². The van der Waals surface area contributed by atoms with Crippen molar-refractivity contribution in [3.8, 4) is 0 Å². The average Bonchev–Trinajstić information content (AvgIpc) is 2.47. The predicted molar refractivity (Wildman–Crippen MR) is 75.6 cm³/mol. The molecule has 0 spiro atoms. The summed E-state index contributed by atoms with van der Waals surface area (Å²) in [5.41, 5.74) is 0.807. The summed E-state index contributed by atoms with van der Waals surface area (Å²) in [6.45, 7) is 9.00. The van der Waals surface area contributed by atoms with E-state index in [4.69, 9.17) is 5.11 Å². The van der Waals surface area contributed by atoms with Crippen LogP contribution in [-0.2, 0) is 6.54 Å². The minimum Gasteiger partial charge on any atom is -0.478 e. The van der Waals surface area contributed by atoms with Gasteiger partial charge in [0.15, 0.2) is 0 Å². The highest BCUT2D eigenvalue weighted by Crippen LogP contribution is 2.12. The fourth-order valence-electron chi connectivity index (χ4n) is 2.49. The van der Waals surface area contributed by atoms with Gasteiger partial charge in [-0.05, 0) is 13.3 Å². The fraction of sp³-hybridized carbons (Fsp3) is 0.643. The maximum absolute atomic E-state index is 11.1. The Labute approximate surface area is 119 Å². The van der Waals surface area contributed by atoms with E-state index < -0.39 is 5.97 Å². The van der Waals surface area contributed by atoms with E-state index in [1.165, 1.54) is 12.5 Å². The predicted octanol–water partition coefficient (Wildman–Crippen LogP) is 1.09. The Morgan fingerprint density at radius 3 is 2.70 bits per heavy atom. The molecule has 0 bridgehead atoms. The number of aromatic carboxylic acids is 1. The minimum absolute atomic E-state index is 0.205. The largest absolute Gasteiger partial charge is 0.478 e. The highest BCUT2D eigenvalue weighted by atomic mass is 16.4. The van der Waals surface area contributed by atoms with E-state index in [1.54, 1.807) is 0 Å². The van der Waals surface area contributed by atoms with Crippen LogP contribution in [-0.4, -0.2) is 63.1 Å².